The first-order valence-electron chi connectivity index (χ1n) is 12.0. The lowest BCUT2D eigenvalue weighted by atomic mass is 9.88. The third-order valence-corrected chi connectivity index (χ3v) is 6.74. The fourth-order valence-corrected chi connectivity index (χ4v) is 4.71. The molecule has 0 bridgehead atoms. The molecule has 0 aromatic heterocycles. The first-order chi connectivity index (χ1) is 16.3. The van der Waals surface area contributed by atoms with Crippen LogP contribution in [0.3, 0.4) is 0 Å². The third-order valence-electron chi connectivity index (χ3n) is 6.10. The summed E-state index contributed by atoms with van der Waals surface area (Å²) in [7, 11) is 0. The van der Waals surface area contributed by atoms with E-state index in [2.05, 4.69) is 96.5 Å². The van der Waals surface area contributed by atoms with Gasteiger partial charge in [-0.15, -0.1) is 0 Å². The molecule has 0 amide bonds. The van der Waals surface area contributed by atoms with Crippen LogP contribution in [-0.4, -0.2) is 37.2 Å². The largest absolute Gasteiger partial charge is 0.377 e. The first-order valence-corrected chi connectivity index (χ1v) is 13.4. The summed E-state index contributed by atoms with van der Waals surface area (Å²) in [6, 6.07) is 32.3. The zero-order chi connectivity index (χ0) is 23.1. The van der Waals surface area contributed by atoms with E-state index in [1.807, 2.05) is 17.8 Å². The van der Waals surface area contributed by atoms with Crippen LogP contribution in [-0.2, 0) is 11.3 Å². The minimum Gasteiger partial charge on any atom is -0.377 e. The van der Waals surface area contributed by atoms with Crippen LogP contribution in [0.2, 0.25) is 0 Å². The molecule has 0 spiro atoms. The highest BCUT2D eigenvalue weighted by Crippen LogP contribution is 2.27. The Labute approximate surface area is 204 Å². The molecule has 33 heavy (non-hydrogen) atoms. The molecule has 3 aromatic carbocycles. The molecule has 4 heteroatoms. The van der Waals surface area contributed by atoms with E-state index in [4.69, 9.17) is 10.5 Å². The lowest BCUT2D eigenvalue weighted by Gasteiger charge is -2.27. The quantitative estimate of drug-likeness (QED) is 0.278. The van der Waals surface area contributed by atoms with Gasteiger partial charge in [0.1, 0.15) is 0 Å². The van der Waals surface area contributed by atoms with Crippen LogP contribution >= 0.6 is 11.8 Å². The van der Waals surface area contributed by atoms with E-state index in [0.717, 1.165) is 31.6 Å². The standard InChI is InChI=1S/C29H38N2OS/c1-33-22-19-28(30)29(18-21-32-23-24-11-5-2-6-12-24)31-20-17-27(25-13-7-3-8-14-25)26-15-9-4-10-16-26/h2-16,27-29,31H,17-23,30H2,1H3. The second-order valence-corrected chi connectivity index (χ2v) is 9.48. The highest BCUT2D eigenvalue weighted by molar-refractivity contribution is 7.98. The average molecular weight is 463 g/mol. The number of hydrogen-bond acceptors (Lipinski definition) is 4. The van der Waals surface area contributed by atoms with E-state index in [9.17, 15) is 0 Å². The van der Waals surface area contributed by atoms with Crippen molar-refractivity contribution in [3.63, 3.8) is 0 Å². The molecule has 3 nitrogen and oxygen atoms in total. The Bertz CT molecular complexity index is 836. The van der Waals surface area contributed by atoms with Gasteiger partial charge in [-0.05, 0) is 54.5 Å². The second-order valence-electron chi connectivity index (χ2n) is 8.50. The molecule has 2 unspecified atom stereocenters. The van der Waals surface area contributed by atoms with Gasteiger partial charge in [-0.25, -0.2) is 0 Å². The van der Waals surface area contributed by atoms with Gasteiger partial charge in [-0.1, -0.05) is 91.0 Å². The van der Waals surface area contributed by atoms with Gasteiger partial charge >= 0.3 is 0 Å². The normalized spacial score (nSPS) is 13.2. The molecule has 0 heterocycles. The summed E-state index contributed by atoms with van der Waals surface area (Å²) in [6.07, 6.45) is 5.11. The molecule has 0 radical (unpaired) electrons. The van der Waals surface area contributed by atoms with Crippen molar-refractivity contribution >= 4 is 11.8 Å². The van der Waals surface area contributed by atoms with E-state index in [-0.39, 0.29) is 12.1 Å². The van der Waals surface area contributed by atoms with E-state index in [0.29, 0.717) is 19.1 Å². The maximum Gasteiger partial charge on any atom is 0.0716 e. The molecular weight excluding hydrogens is 424 g/mol. The van der Waals surface area contributed by atoms with Crippen LogP contribution in [0.4, 0.5) is 0 Å². The molecule has 0 saturated heterocycles. The zero-order valence-electron chi connectivity index (χ0n) is 19.7. The number of hydrogen-bond donors (Lipinski definition) is 2. The topological polar surface area (TPSA) is 47.3 Å². The number of thioether (sulfide) groups is 1. The number of ether oxygens (including phenoxy) is 1. The maximum atomic E-state index is 6.61. The lowest BCUT2D eigenvalue weighted by Crippen LogP contribution is -2.46. The first kappa shape index (κ1) is 25.5. The Morgan fingerprint density at radius 3 is 1.94 bits per heavy atom. The smallest absolute Gasteiger partial charge is 0.0716 e. The highest BCUT2D eigenvalue weighted by atomic mass is 32.2. The van der Waals surface area contributed by atoms with Gasteiger partial charge in [0.25, 0.3) is 0 Å². The van der Waals surface area contributed by atoms with Gasteiger partial charge in [0.15, 0.2) is 0 Å². The van der Waals surface area contributed by atoms with Gasteiger partial charge in [0.2, 0.25) is 0 Å². The van der Waals surface area contributed by atoms with Crippen LogP contribution in [0.5, 0.6) is 0 Å². The van der Waals surface area contributed by atoms with Crippen molar-refractivity contribution in [3.8, 4) is 0 Å². The molecule has 3 rings (SSSR count). The summed E-state index contributed by atoms with van der Waals surface area (Å²) in [6.45, 7) is 2.28. The molecular formula is C29H38N2OS. The molecule has 0 saturated carbocycles. The summed E-state index contributed by atoms with van der Waals surface area (Å²) in [5.41, 5.74) is 10.5. The van der Waals surface area contributed by atoms with Gasteiger partial charge in [-0.2, -0.15) is 11.8 Å². The molecule has 3 N–H and O–H groups in total. The van der Waals surface area contributed by atoms with Gasteiger partial charge in [0, 0.05) is 24.6 Å². The summed E-state index contributed by atoms with van der Waals surface area (Å²) in [5, 5.41) is 3.78. The van der Waals surface area contributed by atoms with Gasteiger partial charge in [-0.3, -0.25) is 0 Å². The number of benzene rings is 3. The van der Waals surface area contributed by atoms with Crippen molar-refractivity contribution in [2.24, 2.45) is 5.73 Å². The third kappa shape index (κ3) is 8.98. The van der Waals surface area contributed by atoms with Crippen molar-refractivity contribution in [2.75, 3.05) is 25.2 Å². The number of rotatable bonds is 15. The molecule has 0 aliphatic carbocycles. The highest BCUT2D eigenvalue weighted by Gasteiger charge is 2.19. The van der Waals surface area contributed by atoms with Crippen LogP contribution in [0, 0.1) is 0 Å². The van der Waals surface area contributed by atoms with Crippen LogP contribution in [0.25, 0.3) is 0 Å². The van der Waals surface area contributed by atoms with Crippen LogP contribution < -0.4 is 11.1 Å². The second kappa shape index (κ2) is 14.9. The lowest BCUT2D eigenvalue weighted by molar-refractivity contribution is 0.108. The molecule has 0 fully saturated rings. The van der Waals surface area contributed by atoms with Crippen LogP contribution in [0.1, 0.15) is 41.9 Å². The van der Waals surface area contributed by atoms with Crippen molar-refractivity contribution in [2.45, 2.75) is 43.9 Å². The Morgan fingerprint density at radius 2 is 1.36 bits per heavy atom. The van der Waals surface area contributed by atoms with E-state index >= 15 is 0 Å². The summed E-state index contributed by atoms with van der Waals surface area (Å²) in [5.74, 6) is 1.46. The van der Waals surface area contributed by atoms with E-state index < -0.39 is 0 Å². The predicted molar refractivity (Wildman–Crippen MR) is 143 cm³/mol. The number of nitrogens with one attached hydrogen (secondary N) is 1. The SMILES string of the molecule is CSCCC(N)C(CCOCc1ccccc1)NCCC(c1ccccc1)c1ccccc1. The number of nitrogens with two attached hydrogens (primary N) is 1. The molecule has 3 aromatic rings. The minimum atomic E-state index is 0.129. The molecule has 2 atom stereocenters. The van der Waals surface area contributed by atoms with Crippen molar-refractivity contribution in [1.82, 2.24) is 5.32 Å². The maximum absolute atomic E-state index is 6.61. The fraction of sp³-hybridized carbons (Fsp3) is 0.379. The molecule has 0 aliphatic heterocycles. The predicted octanol–water partition coefficient (Wildman–Crippen LogP) is 5.85. The monoisotopic (exact) mass is 462 g/mol. The van der Waals surface area contributed by atoms with E-state index in [1.54, 1.807) is 0 Å². The van der Waals surface area contributed by atoms with Crippen LogP contribution in [0.15, 0.2) is 91.0 Å². The Kier molecular flexibility index (Phi) is 11.5. The van der Waals surface area contributed by atoms with Gasteiger partial charge < -0.3 is 15.8 Å². The van der Waals surface area contributed by atoms with Crippen molar-refractivity contribution in [1.29, 1.82) is 0 Å². The average Bonchev–Trinajstić information content (AvgIpc) is 2.88. The van der Waals surface area contributed by atoms with E-state index in [1.165, 1.54) is 16.7 Å². The molecule has 0 aliphatic rings. The van der Waals surface area contributed by atoms with Crippen molar-refractivity contribution in [3.05, 3.63) is 108 Å². The fourth-order valence-electron chi connectivity index (χ4n) is 4.21. The Hall–Kier alpha value is -2.11. The molecule has 176 valence electrons. The van der Waals surface area contributed by atoms with Gasteiger partial charge in [0.05, 0.1) is 6.61 Å². The summed E-state index contributed by atoms with van der Waals surface area (Å²) < 4.78 is 5.97. The Morgan fingerprint density at radius 1 is 0.788 bits per heavy atom. The summed E-state index contributed by atoms with van der Waals surface area (Å²) in [4.78, 5) is 0. The van der Waals surface area contributed by atoms with Crippen molar-refractivity contribution < 1.29 is 4.74 Å². The zero-order valence-corrected chi connectivity index (χ0v) is 20.6. The Balaban J connectivity index is 1.56. The minimum absolute atomic E-state index is 0.129. The summed E-state index contributed by atoms with van der Waals surface area (Å²) >= 11 is 1.86.